The van der Waals surface area contributed by atoms with Gasteiger partial charge < -0.3 is 5.32 Å². The molecule has 1 aliphatic carbocycles. The van der Waals surface area contributed by atoms with Gasteiger partial charge in [0, 0.05) is 17.1 Å². The van der Waals surface area contributed by atoms with Crippen molar-refractivity contribution in [3.8, 4) is 0 Å². The van der Waals surface area contributed by atoms with E-state index in [1.54, 1.807) is 12.1 Å². The highest BCUT2D eigenvalue weighted by atomic mass is 32.2. The van der Waals surface area contributed by atoms with Crippen LogP contribution in [-0.4, -0.2) is 30.6 Å². The molecule has 168 valence electrons. The van der Waals surface area contributed by atoms with Crippen molar-refractivity contribution in [2.75, 3.05) is 5.32 Å². The maximum atomic E-state index is 12.6. The number of anilines is 1. The molecule has 0 radical (unpaired) electrons. The first-order valence-electron chi connectivity index (χ1n) is 10.9. The lowest BCUT2D eigenvalue weighted by atomic mass is 9.96. The summed E-state index contributed by atoms with van der Waals surface area (Å²) in [7, 11) is -3.56. The van der Waals surface area contributed by atoms with Gasteiger partial charge in [-0.3, -0.25) is 4.79 Å². The largest absolute Gasteiger partial charge is 0.325 e. The summed E-state index contributed by atoms with van der Waals surface area (Å²) in [6.07, 6.45) is 5.05. The van der Waals surface area contributed by atoms with E-state index in [2.05, 4.69) is 15.0 Å². The maximum Gasteiger partial charge on any atom is 0.240 e. The number of carbonyl (C=O) groups is 1. The molecule has 8 heteroatoms. The number of nitrogens with zero attached hydrogens (tertiary/aromatic N) is 1. The number of hydrogen-bond acceptors (Lipinski definition) is 5. The number of fused-ring (bicyclic) bond motifs is 1. The molecule has 32 heavy (non-hydrogen) atoms. The Morgan fingerprint density at radius 1 is 1.00 bits per heavy atom. The number of amides is 1. The summed E-state index contributed by atoms with van der Waals surface area (Å²) in [5, 5.41) is 4.33. The van der Waals surface area contributed by atoms with Gasteiger partial charge in [-0.25, -0.2) is 18.1 Å². The van der Waals surface area contributed by atoms with Crippen LogP contribution in [0.3, 0.4) is 0 Å². The molecule has 1 atom stereocenters. The molecule has 6 nitrogen and oxygen atoms in total. The number of para-hydroxylation sites is 1. The van der Waals surface area contributed by atoms with E-state index in [1.807, 2.05) is 43.3 Å². The van der Waals surface area contributed by atoms with Gasteiger partial charge in [-0.15, -0.1) is 0 Å². The Kier molecular flexibility index (Phi) is 7.13. The van der Waals surface area contributed by atoms with Crippen LogP contribution >= 0.6 is 11.8 Å². The minimum absolute atomic E-state index is 0.00900. The third-order valence-corrected chi connectivity index (χ3v) is 8.17. The van der Waals surface area contributed by atoms with Gasteiger partial charge in [-0.1, -0.05) is 55.3 Å². The Morgan fingerprint density at radius 3 is 2.47 bits per heavy atom. The van der Waals surface area contributed by atoms with E-state index in [9.17, 15) is 13.2 Å². The summed E-state index contributed by atoms with van der Waals surface area (Å²) in [6.45, 7) is 1.82. The fraction of sp³-hybridized carbons (Fsp3) is 0.333. The molecule has 1 amide bonds. The van der Waals surface area contributed by atoms with E-state index in [4.69, 9.17) is 0 Å². The number of rotatable bonds is 7. The summed E-state index contributed by atoms with van der Waals surface area (Å²) in [4.78, 5) is 17.4. The van der Waals surface area contributed by atoms with Gasteiger partial charge >= 0.3 is 0 Å². The average molecular weight is 470 g/mol. The highest BCUT2D eigenvalue weighted by molar-refractivity contribution is 8.00. The second kappa shape index (κ2) is 10.0. The average Bonchev–Trinajstić information content (AvgIpc) is 2.79. The highest BCUT2D eigenvalue weighted by Crippen LogP contribution is 2.25. The number of nitrogens with one attached hydrogen (secondary N) is 2. The number of pyridine rings is 1. The van der Waals surface area contributed by atoms with Crippen LogP contribution in [0.4, 0.5) is 5.69 Å². The summed E-state index contributed by atoms with van der Waals surface area (Å²) in [5.74, 6) is -0.166. The third kappa shape index (κ3) is 5.68. The Hall–Kier alpha value is -2.42. The van der Waals surface area contributed by atoms with E-state index in [1.165, 1.54) is 30.3 Å². The Bertz CT molecular complexity index is 1190. The van der Waals surface area contributed by atoms with Crippen molar-refractivity contribution >= 4 is 44.3 Å². The van der Waals surface area contributed by atoms with E-state index in [0.717, 1.165) is 41.6 Å². The lowest BCUT2D eigenvalue weighted by Gasteiger charge is -2.22. The predicted octanol–water partition coefficient (Wildman–Crippen LogP) is 4.97. The zero-order valence-electron chi connectivity index (χ0n) is 18.0. The summed E-state index contributed by atoms with van der Waals surface area (Å²) in [6, 6.07) is 18.1. The van der Waals surface area contributed by atoms with Gasteiger partial charge in [0.15, 0.2) is 0 Å². The van der Waals surface area contributed by atoms with Crippen molar-refractivity contribution in [2.24, 2.45) is 0 Å². The lowest BCUT2D eigenvalue weighted by molar-refractivity contribution is -0.115. The standard InChI is InChI=1S/C24H27N3O3S2/c1-17(31-23-16-11-18-7-5-6-10-22(18)26-23)24(28)25-19-12-14-21(15-13-19)32(29,30)27-20-8-3-2-4-9-20/h5-7,10-17,20,27H,2-4,8-9H2,1H3,(H,25,28). The molecular weight excluding hydrogens is 442 g/mol. The molecule has 0 bridgehead atoms. The van der Waals surface area contributed by atoms with Crippen molar-refractivity contribution in [3.05, 3.63) is 60.7 Å². The number of sulfonamides is 1. The van der Waals surface area contributed by atoms with E-state index < -0.39 is 10.0 Å². The van der Waals surface area contributed by atoms with Gasteiger partial charge in [0.2, 0.25) is 15.9 Å². The number of hydrogen-bond donors (Lipinski definition) is 2. The van der Waals surface area contributed by atoms with Crippen molar-refractivity contribution in [3.63, 3.8) is 0 Å². The Morgan fingerprint density at radius 2 is 1.72 bits per heavy atom. The number of carbonyl (C=O) groups excluding carboxylic acids is 1. The van der Waals surface area contributed by atoms with Crippen LogP contribution in [0.1, 0.15) is 39.0 Å². The molecule has 2 N–H and O–H groups in total. The highest BCUT2D eigenvalue weighted by Gasteiger charge is 2.22. The van der Waals surface area contributed by atoms with Gasteiger partial charge in [0.1, 0.15) is 0 Å². The quantitative estimate of drug-likeness (QED) is 0.477. The molecule has 1 heterocycles. The minimum atomic E-state index is -3.56. The number of aromatic nitrogens is 1. The van der Waals surface area contributed by atoms with E-state index >= 15 is 0 Å². The Labute approximate surface area is 193 Å². The molecule has 4 rings (SSSR count). The molecule has 0 spiro atoms. The molecular formula is C24H27N3O3S2. The topological polar surface area (TPSA) is 88.2 Å². The van der Waals surface area contributed by atoms with Crippen LogP contribution in [0.5, 0.6) is 0 Å². The van der Waals surface area contributed by atoms with Crippen LogP contribution in [0.2, 0.25) is 0 Å². The fourth-order valence-corrected chi connectivity index (χ4v) is 5.95. The summed E-state index contributed by atoms with van der Waals surface area (Å²) in [5.41, 5.74) is 1.45. The van der Waals surface area contributed by atoms with E-state index in [0.29, 0.717) is 5.69 Å². The number of benzene rings is 2. The molecule has 1 aliphatic rings. The van der Waals surface area contributed by atoms with Crippen molar-refractivity contribution in [1.82, 2.24) is 9.71 Å². The molecule has 1 fully saturated rings. The normalized spacial score (nSPS) is 16.0. The molecule has 1 unspecified atom stereocenters. The smallest absolute Gasteiger partial charge is 0.240 e. The SMILES string of the molecule is CC(Sc1ccc2ccccc2n1)C(=O)Nc1ccc(S(=O)(=O)NC2CCCCC2)cc1. The summed E-state index contributed by atoms with van der Waals surface area (Å²) >= 11 is 1.38. The first-order chi connectivity index (χ1) is 15.4. The van der Waals surface area contributed by atoms with Crippen LogP contribution in [0.15, 0.2) is 70.6 Å². The molecule has 2 aromatic carbocycles. The molecule has 1 saturated carbocycles. The van der Waals surface area contributed by atoms with Crippen LogP contribution in [-0.2, 0) is 14.8 Å². The molecule has 0 aliphatic heterocycles. The van der Waals surface area contributed by atoms with Gasteiger partial charge in [-0.2, -0.15) is 0 Å². The monoisotopic (exact) mass is 469 g/mol. The van der Waals surface area contributed by atoms with Gasteiger partial charge in [0.25, 0.3) is 0 Å². The maximum absolute atomic E-state index is 12.6. The van der Waals surface area contributed by atoms with Crippen LogP contribution < -0.4 is 10.0 Å². The second-order valence-corrected chi connectivity index (χ2v) is 11.1. The minimum Gasteiger partial charge on any atom is -0.325 e. The first kappa shape index (κ1) is 22.8. The van der Waals surface area contributed by atoms with Gasteiger partial charge in [-0.05, 0) is 56.2 Å². The number of thioether (sulfide) groups is 1. The molecule has 3 aromatic rings. The predicted molar refractivity (Wildman–Crippen MR) is 129 cm³/mol. The van der Waals surface area contributed by atoms with Crippen molar-refractivity contribution < 1.29 is 13.2 Å². The third-order valence-electron chi connectivity index (χ3n) is 5.60. The second-order valence-electron chi connectivity index (χ2n) is 8.07. The summed E-state index contributed by atoms with van der Waals surface area (Å²) < 4.78 is 28.1. The van der Waals surface area contributed by atoms with Crippen molar-refractivity contribution in [2.45, 2.75) is 60.2 Å². The fourth-order valence-electron chi connectivity index (χ4n) is 3.82. The first-order valence-corrected chi connectivity index (χ1v) is 13.2. The Balaban J connectivity index is 1.36. The molecule has 1 aromatic heterocycles. The van der Waals surface area contributed by atoms with Crippen LogP contribution in [0, 0.1) is 0 Å². The van der Waals surface area contributed by atoms with Crippen LogP contribution in [0.25, 0.3) is 10.9 Å². The zero-order valence-corrected chi connectivity index (χ0v) is 19.6. The van der Waals surface area contributed by atoms with E-state index in [-0.39, 0.29) is 22.1 Å². The lowest BCUT2D eigenvalue weighted by Crippen LogP contribution is -2.36. The molecule has 0 saturated heterocycles. The van der Waals surface area contributed by atoms with Crippen molar-refractivity contribution in [1.29, 1.82) is 0 Å². The van der Waals surface area contributed by atoms with Gasteiger partial charge in [0.05, 0.1) is 20.7 Å². The zero-order chi connectivity index (χ0) is 22.6.